The van der Waals surface area contributed by atoms with Crippen molar-refractivity contribution in [2.75, 3.05) is 46.0 Å². The van der Waals surface area contributed by atoms with E-state index in [1.807, 2.05) is 41.0 Å². The Bertz CT molecular complexity index is 912. The van der Waals surface area contributed by atoms with Crippen molar-refractivity contribution in [3.8, 4) is 5.75 Å². The summed E-state index contributed by atoms with van der Waals surface area (Å²) >= 11 is 1.74. The highest BCUT2D eigenvalue weighted by molar-refractivity contribution is 7.10. The Morgan fingerprint density at radius 1 is 1.29 bits per heavy atom. The Hall–Kier alpha value is -2.19. The van der Waals surface area contributed by atoms with Crippen molar-refractivity contribution < 1.29 is 19.4 Å². The molecule has 2 atom stereocenters. The average Bonchev–Trinajstić information content (AvgIpc) is 3.27. The van der Waals surface area contributed by atoms with Crippen LogP contribution in [0, 0.1) is 12.8 Å². The molecular formula is C27H38N2O4S. The molecule has 0 saturated heterocycles. The number of hydrogen-bond acceptors (Lipinski definition) is 6. The molecule has 34 heavy (non-hydrogen) atoms. The zero-order chi connectivity index (χ0) is 24.5. The van der Waals surface area contributed by atoms with Crippen LogP contribution in [0.5, 0.6) is 5.75 Å². The fourth-order valence-electron chi connectivity index (χ4n) is 4.14. The number of fused-ring (bicyclic) bond motifs is 1. The summed E-state index contributed by atoms with van der Waals surface area (Å²) in [6.45, 7) is 13.1. The number of ether oxygens (including phenoxy) is 2. The van der Waals surface area contributed by atoms with Gasteiger partial charge in [0.25, 0.3) is 0 Å². The normalized spacial score (nSPS) is 16.5. The minimum absolute atomic E-state index is 0.0338. The number of hydrogen-bond donors (Lipinski definition) is 1. The average molecular weight is 487 g/mol. The maximum atomic E-state index is 13.5. The third kappa shape index (κ3) is 7.67. The predicted molar refractivity (Wildman–Crippen MR) is 137 cm³/mol. The first kappa shape index (κ1) is 26.4. The number of aliphatic hydroxyl groups is 1. The molecule has 1 amide bonds. The third-order valence-corrected chi connectivity index (χ3v) is 6.82. The fraction of sp³-hybridized carbons (Fsp3) is 0.519. The van der Waals surface area contributed by atoms with Gasteiger partial charge in [0.05, 0.1) is 25.3 Å². The largest absolute Gasteiger partial charge is 0.491 e. The second kappa shape index (κ2) is 13.0. The summed E-state index contributed by atoms with van der Waals surface area (Å²) in [5.41, 5.74) is 2.36. The lowest BCUT2D eigenvalue weighted by molar-refractivity contribution is -0.136. The maximum absolute atomic E-state index is 13.5. The summed E-state index contributed by atoms with van der Waals surface area (Å²) in [6, 6.07) is 9.96. The molecule has 1 aliphatic rings. The molecule has 7 heteroatoms. The molecule has 1 aliphatic heterocycles. The van der Waals surface area contributed by atoms with Gasteiger partial charge in [-0.3, -0.25) is 9.69 Å². The molecule has 1 N–H and O–H groups in total. The molecule has 0 spiro atoms. The molecule has 0 radical (unpaired) electrons. The lowest BCUT2D eigenvalue weighted by atomic mass is 10.0. The number of rotatable bonds is 13. The lowest BCUT2D eigenvalue weighted by Gasteiger charge is -2.37. The lowest BCUT2D eigenvalue weighted by Crippen LogP contribution is -2.48. The van der Waals surface area contributed by atoms with Crippen molar-refractivity contribution in [3.05, 3.63) is 64.4 Å². The topological polar surface area (TPSA) is 62.2 Å². The monoisotopic (exact) mass is 486 g/mol. The third-order valence-electron chi connectivity index (χ3n) is 5.82. The number of carbonyl (C=O) groups excluding carboxylic acids is 1. The zero-order valence-electron chi connectivity index (χ0n) is 20.6. The van der Waals surface area contributed by atoms with Crippen LogP contribution in [0.4, 0.5) is 0 Å². The minimum Gasteiger partial charge on any atom is -0.491 e. The molecule has 0 saturated carbocycles. The van der Waals surface area contributed by atoms with Gasteiger partial charge in [-0.15, -0.1) is 17.9 Å². The molecule has 2 heterocycles. The molecule has 3 rings (SSSR count). The predicted octanol–water partition coefficient (Wildman–Crippen LogP) is 4.08. The van der Waals surface area contributed by atoms with E-state index in [1.165, 1.54) is 16.0 Å². The Labute approximate surface area is 207 Å². The van der Waals surface area contributed by atoms with E-state index in [9.17, 15) is 9.90 Å². The van der Waals surface area contributed by atoms with E-state index in [2.05, 4.69) is 31.9 Å². The molecule has 0 unspecified atom stereocenters. The van der Waals surface area contributed by atoms with E-state index in [-0.39, 0.29) is 25.1 Å². The molecule has 2 aromatic rings. The summed E-state index contributed by atoms with van der Waals surface area (Å²) in [6.07, 6.45) is 1.96. The Kier molecular flexibility index (Phi) is 10.1. The SMILES string of the molecule is C=CCN(CC(=O)N1CCc2sccc2[C@H]1COc1ccc(C)cc1)C[C@@H](O)COCC(C)C. The smallest absolute Gasteiger partial charge is 0.237 e. The molecule has 0 aliphatic carbocycles. The first-order valence-electron chi connectivity index (χ1n) is 12.0. The summed E-state index contributed by atoms with van der Waals surface area (Å²) in [5.74, 6) is 1.25. The van der Waals surface area contributed by atoms with Crippen LogP contribution in [0.25, 0.3) is 0 Å². The van der Waals surface area contributed by atoms with Crippen LogP contribution in [0.1, 0.15) is 35.9 Å². The van der Waals surface area contributed by atoms with Crippen LogP contribution in [0.3, 0.4) is 0 Å². The maximum Gasteiger partial charge on any atom is 0.237 e. The number of amides is 1. The summed E-state index contributed by atoms with van der Waals surface area (Å²) in [4.78, 5) is 18.6. The second-order valence-corrected chi connectivity index (χ2v) is 10.3. The molecule has 1 aromatic heterocycles. The summed E-state index contributed by atoms with van der Waals surface area (Å²) in [7, 11) is 0. The highest BCUT2D eigenvalue weighted by atomic mass is 32.1. The first-order chi connectivity index (χ1) is 16.4. The van der Waals surface area contributed by atoms with Crippen molar-refractivity contribution in [2.24, 2.45) is 5.92 Å². The first-order valence-corrected chi connectivity index (χ1v) is 12.9. The van der Waals surface area contributed by atoms with E-state index in [4.69, 9.17) is 9.47 Å². The van der Waals surface area contributed by atoms with Crippen molar-refractivity contribution in [3.63, 3.8) is 0 Å². The van der Waals surface area contributed by atoms with Gasteiger partial charge in [-0.05, 0) is 48.4 Å². The number of thiophene rings is 1. The molecule has 6 nitrogen and oxygen atoms in total. The van der Waals surface area contributed by atoms with Crippen LogP contribution in [0.15, 0.2) is 48.4 Å². The number of aliphatic hydroxyl groups excluding tert-OH is 1. The number of carbonyl (C=O) groups is 1. The fourth-order valence-corrected chi connectivity index (χ4v) is 5.07. The van der Waals surface area contributed by atoms with Crippen molar-refractivity contribution in [1.82, 2.24) is 9.80 Å². The van der Waals surface area contributed by atoms with E-state index >= 15 is 0 Å². The van der Waals surface area contributed by atoms with Gasteiger partial charge in [0.1, 0.15) is 12.4 Å². The standard InChI is InChI=1S/C27H38N2O4S/c1-5-12-28(15-22(30)18-32-17-20(2)3)16-27(31)29-13-10-26-24(11-14-34-26)25(29)19-33-23-8-6-21(4)7-9-23/h5-9,11,14,20,22,25,30H,1,10,12-13,15-19H2,2-4H3/t22-,25-/m1/s1. The Balaban J connectivity index is 1.64. The van der Waals surface area contributed by atoms with Gasteiger partial charge < -0.3 is 19.5 Å². The van der Waals surface area contributed by atoms with Gasteiger partial charge in [-0.1, -0.05) is 37.6 Å². The van der Waals surface area contributed by atoms with E-state index < -0.39 is 6.10 Å². The zero-order valence-corrected chi connectivity index (χ0v) is 21.4. The van der Waals surface area contributed by atoms with Crippen LogP contribution < -0.4 is 4.74 Å². The van der Waals surface area contributed by atoms with Gasteiger partial charge in [-0.2, -0.15) is 0 Å². The van der Waals surface area contributed by atoms with Crippen molar-refractivity contribution in [1.29, 1.82) is 0 Å². The summed E-state index contributed by atoms with van der Waals surface area (Å²) < 4.78 is 11.7. The van der Waals surface area contributed by atoms with Gasteiger partial charge in [0, 0.05) is 31.1 Å². The highest BCUT2D eigenvalue weighted by Gasteiger charge is 2.33. The summed E-state index contributed by atoms with van der Waals surface area (Å²) in [5, 5.41) is 12.5. The van der Waals surface area contributed by atoms with Crippen LogP contribution in [-0.2, 0) is 16.0 Å². The highest BCUT2D eigenvalue weighted by Crippen LogP contribution is 2.34. The Morgan fingerprint density at radius 3 is 2.76 bits per heavy atom. The number of aryl methyl sites for hydroxylation is 1. The van der Waals surface area contributed by atoms with Crippen molar-refractivity contribution in [2.45, 2.75) is 39.3 Å². The van der Waals surface area contributed by atoms with Crippen LogP contribution >= 0.6 is 11.3 Å². The van der Waals surface area contributed by atoms with E-state index in [0.29, 0.717) is 38.8 Å². The van der Waals surface area contributed by atoms with E-state index in [0.717, 1.165) is 12.2 Å². The molecule has 1 aromatic carbocycles. The number of nitrogens with zero attached hydrogens (tertiary/aromatic N) is 2. The molecule has 0 fully saturated rings. The van der Waals surface area contributed by atoms with Gasteiger partial charge >= 0.3 is 0 Å². The van der Waals surface area contributed by atoms with Gasteiger partial charge in [0.2, 0.25) is 5.91 Å². The van der Waals surface area contributed by atoms with Gasteiger partial charge in [-0.25, -0.2) is 0 Å². The van der Waals surface area contributed by atoms with Crippen LogP contribution in [0.2, 0.25) is 0 Å². The Morgan fingerprint density at radius 2 is 2.06 bits per heavy atom. The molecule has 0 bridgehead atoms. The van der Waals surface area contributed by atoms with Crippen LogP contribution in [-0.4, -0.2) is 72.9 Å². The molecular weight excluding hydrogens is 448 g/mol. The van der Waals surface area contributed by atoms with Crippen molar-refractivity contribution >= 4 is 17.2 Å². The van der Waals surface area contributed by atoms with Gasteiger partial charge in [0.15, 0.2) is 0 Å². The number of benzene rings is 1. The minimum atomic E-state index is -0.656. The van der Waals surface area contributed by atoms with E-state index in [1.54, 1.807) is 17.4 Å². The second-order valence-electron chi connectivity index (χ2n) is 9.34. The molecule has 186 valence electrons. The quantitative estimate of drug-likeness (QED) is 0.432.